The van der Waals surface area contributed by atoms with Crippen molar-refractivity contribution in [1.29, 1.82) is 0 Å². The average Bonchev–Trinajstić information content (AvgIpc) is 2.73. The molecule has 2 N–H and O–H groups in total. The molecular weight excluding hydrogens is 430 g/mol. The average molecular weight is 448 g/mol. The van der Waals surface area contributed by atoms with Crippen molar-refractivity contribution in [2.24, 2.45) is 0 Å². The zero-order valence-electron chi connectivity index (χ0n) is 15.4. The van der Waals surface area contributed by atoms with Gasteiger partial charge in [-0.15, -0.1) is 0 Å². The van der Waals surface area contributed by atoms with E-state index < -0.39 is 0 Å². The first-order valence-electron chi connectivity index (χ1n) is 9.08. The summed E-state index contributed by atoms with van der Waals surface area (Å²) in [7, 11) is 0. The van der Waals surface area contributed by atoms with E-state index in [0.717, 1.165) is 15.7 Å². The molecule has 0 unspecified atom stereocenters. The van der Waals surface area contributed by atoms with Crippen molar-refractivity contribution in [1.82, 2.24) is 9.55 Å². The van der Waals surface area contributed by atoms with E-state index in [9.17, 15) is 9.90 Å². The van der Waals surface area contributed by atoms with E-state index in [1.54, 1.807) is 0 Å². The molecule has 144 valence electrons. The van der Waals surface area contributed by atoms with Gasteiger partial charge in [0.25, 0.3) is 5.56 Å². The summed E-state index contributed by atoms with van der Waals surface area (Å²) in [5, 5.41) is 13.7. The number of benzene rings is 3. The highest BCUT2D eigenvalue weighted by Gasteiger charge is 2.18. The molecule has 4 aromatic rings. The lowest BCUT2D eigenvalue weighted by Crippen LogP contribution is -2.26. The summed E-state index contributed by atoms with van der Waals surface area (Å²) < 4.78 is 2.40. The maximum Gasteiger partial charge on any atom is 0.266 e. The van der Waals surface area contributed by atoms with E-state index in [0.29, 0.717) is 5.69 Å². The van der Waals surface area contributed by atoms with E-state index >= 15 is 0 Å². The van der Waals surface area contributed by atoms with Gasteiger partial charge < -0.3 is 10.4 Å². The van der Waals surface area contributed by atoms with Crippen LogP contribution in [0.2, 0.25) is 0 Å². The fraction of sp³-hybridized carbons (Fsp3) is 0.0435. The molecule has 1 aromatic heterocycles. The molecule has 1 heterocycles. The lowest BCUT2D eigenvalue weighted by Gasteiger charge is -2.16. The van der Waals surface area contributed by atoms with Gasteiger partial charge in [0.05, 0.1) is 11.3 Å². The Balaban J connectivity index is 1.85. The van der Waals surface area contributed by atoms with E-state index in [1.165, 1.54) is 4.57 Å². The van der Waals surface area contributed by atoms with Crippen LogP contribution in [-0.2, 0) is 6.42 Å². The normalized spacial score (nSPS) is 10.7. The fourth-order valence-corrected chi connectivity index (χ4v) is 3.55. The van der Waals surface area contributed by atoms with E-state index in [2.05, 4.69) is 26.2 Å². The van der Waals surface area contributed by atoms with Crippen LogP contribution in [0.3, 0.4) is 0 Å². The number of hydrogen-bond donors (Lipinski definition) is 2. The van der Waals surface area contributed by atoms with Crippen LogP contribution in [0.1, 0.15) is 11.1 Å². The molecule has 3 aromatic carbocycles. The Hall–Kier alpha value is -3.38. The first-order chi connectivity index (χ1) is 14.1. The van der Waals surface area contributed by atoms with Gasteiger partial charge in [0.1, 0.15) is 0 Å². The third-order valence-corrected chi connectivity index (χ3v) is 4.96. The molecule has 0 radical (unpaired) electrons. The number of halogens is 1. The smallest absolute Gasteiger partial charge is 0.266 e. The first kappa shape index (κ1) is 19.0. The standard InChI is InChI=1S/C23H18BrN3O2/c24-17-9-7-8-16(14-17)15-20-21(28)26-23(25-18-10-3-1-4-11-18)27(22(20)29)19-12-5-2-6-13-19/h1-14,28H,15H2,(H,25,26). The predicted molar refractivity (Wildman–Crippen MR) is 118 cm³/mol. The summed E-state index contributed by atoms with van der Waals surface area (Å²) in [4.78, 5) is 17.7. The van der Waals surface area contributed by atoms with Crippen LogP contribution in [0.15, 0.2) is 94.2 Å². The minimum absolute atomic E-state index is 0.241. The number of rotatable bonds is 5. The second kappa shape index (κ2) is 8.32. The fourth-order valence-electron chi connectivity index (χ4n) is 3.10. The molecule has 0 atom stereocenters. The molecule has 0 aliphatic rings. The maximum absolute atomic E-state index is 13.4. The van der Waals surface area contributed by atoms with Gasteiger partial charge in [0, 0.05) is 16.6 Å². The van der Waals surface area contributed by atoms with Gasteiger partial charge in [-0.25, -0.2) is 4.57 Å². The highest BCUT2D eigenvalue weighted by molar-refractivity contribution is 9.10. The van der Waals surface area contributed by atoms with Crippen LogP contribution >= 0.6 is 15.9 Å². The molecule has 0 fully saturated rings. The first-order valence-corrected chi connectivity index (χ1v) is 9.88. The Kier molecular flexibility index (Phi) is 5.44. The molecule has 0 saturated heterocycles. The number of aromatic nitrogens is 2. The maximum atomic E-state index is 13.4. The molecular formula is C23H18BrN3O2. The van der Waals surface area contributed by atoms with Crippen LogP contribution < -0.4 is 10.9 Å². The van der Waals surface area contributed by atoms with Gasteiger partial charge in [-0.1, -0.05) is 64.5 Å². The van der Waals surface area contributed by atoms with Gasteiger partial charge in [-0.05, 0) is 42.0 Å². The van der Waals surface area contributed by atoms with Gasteiger partial charge in [-0.2, -0.15) is 4.98 Å². The van der Waals surface area contributed by atoms with Crippen molar-refractivity contribution in [2.45, 2.75) is 6.42 Å². The summed E-state index contributed by atoms with van der Waals surface area (Å²) >= 11 is 3.44. The number of anilines is 2. The number of para-hydroxylation sites is 2. The Morgan fingerprint density at radius 2 is 1.62 bits per heavy atom. The number of aromatic hydroxyl groups is 1. The SMILES string of the molecule is O=c1c(Cc2cccc(Br)c2)c(O)nc(Nc2ccccc2)n1-c1ccccc1. The highest BCUT2D eigenvalue weighted by Crippen LogP contribution is 2.23. The third kappa shape index (κ3) is 4.22. The van der Waals surface area contributed by atoms with Gasteiger partial charge in [-0.3, -0.25) is 4.79 Å². The second-order valence-electron chi connectivity index (χ2n) is 6.51. The molecule has 0 aliphatic carbocycles. The zero-order valence-corrected chi connectivity index (χ0v) is 17.0. The molecule has 29 heavy (non-hydrogen) atoms. The predicted octanol–water partition coefficient (Wildman–Crippen LogP) is 5.04. The van der Waals surface area contributed by atoms with Crippen LogP contribution in [0.5, 0.6) is 5.88 Å². The molecule has 0 bridgehead atoms. The van der Waals surface area contributed by atoms with Crippen molar-refractivity contribution in [2.75, 3.05) is 5.32 Å². The number of nitrogens with one attached hydrogen (secondary N) is 1. The van der Waals surface area contributed by atoms with E-state index in [-0.39, 0.29) is 29.4 Å². The summed E-state index contributed by atoms with van der Waals surface area (Å²) in [6.45, 7) is 0. The zero-order chi connectivity index (χ0) is 20.2. The van der Waals surface area contributed by atoms with Gasteiger partial charge in [0.15, 0.2) is 0 Å². The Bertz CT molecular complexity index is 1190. The van der Waals surface area contributed by atoms with Crippen molar-refractivity contribution < 1.29 is 5.11 Å². The van der Waals surface area contributed by atoms with Crippen LogP contribution in [-0.4, -0.2) is 14.7 Å². The molecule has 0 amide bonds. The van der Waals surface area contributed by atoms with Crippen molar-refractivity contribution >= 4 is 27.6 Å². The molecule has 0 saturated carbocycles. The van der Waals surface area contributed by atoms with Crippen molar-refractivity contribution in [3.63, 3.8) is 0 Å². The minimum Gasteiger partial charge on any atom is -0.493 e. The van der Waals surface area contributed by atoms with Crippen LogP contribution in [0.25, 0.3) is 5.69 Å². The monoisotopic (exact) mass is 447 g/mol. The summed E-state index contributed by atoms with van der Waals surface area (Å²) in [6.07, 6.45) is 0.273. The van der Waals surface area contributed by atoms with Gasteiger partial charge >= 0.3 is 0 Å². The Morgan fingerprint density at radius 3 is 2.31 bits per heavy atom. The summed E-state index contributed by atoms with van der Waals surface area (Å²) in [5.74, 6) is -0.0246. The van der Waals surface area contributed by atoms with E-state index in [1.807, 2.05) is 84.9 Å². The summed E-state index contributed by atoms with van der Waals surface area (Å²) in [5.41, 5.74) is 2.26. The van der Waals surface area contributed by atoms with Crippen LogP contribution in [0.4, 0.5) is 11.6 Å². The molecule has 0 aliphatic heterocycles. The molecule has 6 heteroatoms. The highest BCUT2D eigenvalue weighted by atomic mass is 79.9. The van der Waals surface area contributed by atoms with Crippen LogP contribution in [0, 0.1) is 0 Å². The lowest BCUT2D eigenvalue weighted by atomic mass is 10.1. The quantitative estimate of drug-likeness (QED) is 0.449. The third-order valence-electron chi connectivity index (χ3n) is 4.47. The van der Waals surface area contributed by atoms with Gasteiger partial charge in [0.2, 0.25) is 11.8 Å². The number of nitrogens with zero attached hydrogens (tertiary/aromatic N) is 2. The Labute approximate surface area is 176 Å². The van der Waals surface area contributed by atoms with E-state index in [4.69, 9.17) is 0 Å². The van der Waals surface area contributed by atoms with Crippen molar-refractivity contribution in [3.8, 4) is 11.6 Å². The lowest BCUT2D eigenvalue weighted by molar-refractivity contribution is 0.444. The molecule has 4 rings (SSSR count). The molecule has 0 spiro atoms. The Morgan fingerprint density at radius 1 is 0.931 bits per heavy atom. The molecule has 5 nitrogen and oxygen atoms in total. The summed E-state index contributed by atoms with van der Waals surface area (Å²) in [6, 6.07) is 26.3. The number of hydrogen-bond acceptors (Lipinski definition) is 4. The largest absolute Gasteiger partial charge is 0.493 e. The second-order valence-corrected chi connectivity index (χ2v) is 7.43. The minimum atomic E-state index is -0.317. The topological polar surface area (TPSA) is 67.2 Å². The van der Waals surface area contributed by atoms with Crippen molar-refractivity contribution in [3.05, 3.63) is 111 Å².